The Labute approximate surface area is 256 Å². The minimum absolute atomic E-state index is 0.0161. The fraction of sp³-hybridized carbons (Fsp3) is 0.469. The van der Waals surface area contributed by atoms with Gasteiger partial charge in [-0.2, -0.15) is 0 Å². The molecule has 3 aromatic rings. The van der Waals surface area contributed by atoms with E-state index in [1.807, 2.05) is 20.8 Å². The molecule has 44 heavy (non-hydrogen) atoms. The van der Waals surface area contributed by atoms with Gasteiger partial charge < -0.3 is 25.6 Å². The summed E-state index contributed by atoms with van der Waals surface area (Å²) in [7, 11) is 3.17. The van der Waals surface area contributed by atoms with Crippen LogP contribution >= 0.6 is 0 Å². The summed E-state index contributed by atoms with van der Waals surface area (Å²) in [4.78, 5) is 50.5. The summed E-state index contributed by atoms with van der Waals surface area (Å²) in [6, 6.07) is 4.87. The van der Waals surface area contributed by atoms with Gasteiger partial charge in [0.05, 0.1) is 24.7 Å². The normalized spacial score (nSPS) is 16.5. The molecule has 236 valence electrons. The van der Waals surface area contributed by atoms with Crippen LogP contribution < -0.4 is 20.7 Å². The number of nitrogens with zero attached hydrogens (tertiary/aromatic N) is 3. The van der Waals surface area contributed by atoms with Gasteiger partial charge >= 0.3 is 0 Å². The second-order valence-corrected chi connectivity index (χ2v) is 12.1. The van der Waals surface area contributed by atoms with Gasteiger partial charge in [-0.1, -0.05) is 26.8 Å². The van der Waals surface area contributed by atoms with Crippen molar-refractivity contribution >= 4 is 34.3 Å². The number of carbonyl (C=O) groups is 3. The summed E-state index contributed by atoms with van der Waals surface area (Å²) in [5, 5.41) is 9.44. The third-order valence-electron chi connectivity index (χ3n) is 8.00. The zero-order valence-corrected chi connectivity index (χ0v) is 26.0. The van der Waals surface area contributed by atoms with Gasteiger partial charge in [-0.05, 0) is 44.4 Å². The van der Waals surface area contributed by atoms with Gasteiger partial charge in [0.2, 0.25) is 11.8 Å². The predicted molar refractivity (Wildman–Crippen MR) is 163 cm³/mol. The van der Waals surface area contributed by atoms with Gasteiger partial charge in [0.1, 0.15) is 35.6 Å². The zero-order chi connectivity index (χ0) is 32.2. The number of hydrogen-bond donors (Lipinski definition) is 3. The molecule has 0 aliphatic carbocycles. The van der Waals surface area contributed by atoms with E-state index < -0.39 is 35.2 Å². The molecular formula is C32H40F2N6O4. The molecule has 3 atom stereocenters. The average molecular weight is 611 g/mol. The number of likely N-dealkylation sites (tertiary alicyclic amines) is 1. The molecule has 2 aromatic carbocycles. The molecule has 2 heterocycles. The Morgan fingerprint density at radius 2 is 1.86 bits per heavy atom. The number of aromatic nitrogens is 2. The van der Waals surface area contributed by atoms with Crippen molar-refractivity contribution in [2.75, 3.05) is 26.0 Å². The SMILES string of the molecule is CN[C@@H](C)C(=O)N[C@H](C(=O)N1CCC[C@H]1C(=O)Cc1cc2c(NCc3ccc(F)cc3F)ncnc2cc1OC)C(C)(C)C. The number of ether oxygens (including phenoxy) is 1. The predicted octanol–water partition coefficient (Wildman–Crippen LogP) is 3.77. The first kappa shape index (κ1) is 32.7. The number of benzene rings is 2. The van der Waals surface area contributed by atoms with E-state index in [9.17, 15) is 23.2 Å². The van der Waals surface area contributed by atoms with Crippen molar-refractivity contribution in [3.05, 3.63) is 59.4 Å². The highest BCUT2D eigenvalue weighted by molar-refractivity contribution is 5.96. The van der Waals surface area contributed by atoms with E-state index in [4.69, 9.17) is 4.74 Å². The Bertz CT molecular complexity index is 1540. The summed E-state index contributed by atoms with van der Waals surface area (Å²) >= 11 is 0. The summed E-state index contributed by atoms with van der Waals surface area (Å²) in [5.74, 6) is -1.21. The van der Waals surface area contributed by atoms with Crippen LogP contribution in [0.1, 0.15) is 51.7 Å². The van der Waals surface area contributed by atoms with Gasteiger partial charge in [-0.3, -0.25) is 14.4 Å². The molecule has 1 fully saturated rings. The fourth-order valence-electron chi connectivity index (χ4n) is 5.33. The molecule has 1 aliphatic heterocycles. The first-order valence-corrected chi connectivity index (χ1v) is 14.6. The minimum Gasteiger partial charge on any atom is -0.496 e. The van der Waals surface area contributed by atoms with Crippen LogP contribution in [0.4, 0.5) is 14.6 Å². The molecule has 0 bridgehead atoms. The van der Waals surface area contributed by atoms with E-state index in [1.54, 1.807) is 31.0 Å². The van der Waals surface area contributed by atoms with Crippen molar-refractivity contribution in [3.63, 3.8) is 0 Å². The Hall–Kier alpha value is -4.19. The second-order valence-electron chi connectivity index (χ2n) is 12.1. The van der Waals surface area contributed by atoms with E-state index in [0.717, 1.165) is 6.07 Å². The van der Waals surface area contributed by atoms with Crippen molar-refractivity contribution in [3.8, 4) is 5.75 Å². The largest absolute Gasteiger partial charge is 0.496 e. The smallest absolute Gasteiger partial charge is 0.246 e. The third kappa shape index (κ3) is 7.29. The van der Waals surface area contributed by atoms with Crippen LogP contribution in [0.2, 0.25) is 0 Å². The van der Waals surface area contributed by atoms with E-state index in [0.29, 0.717) is 47.4 Å². The maximum Gasteiger partial charge on any atom is 0.246 e. The van der Waals surface area contributed by atoms with Crippen LogP contribution in [-0.4, -0.2) is 71.3 Å². The van der Waals surface area contributed by atoms with Crippen LogP contribution in [0.3, 0.4) is 0 Å². The lowest BCUT2D eigenvalue weighted by molar-refractivity contribution is -0.143. The number of Topliss-reactive ketones (excluding diaryl/α,β-unsaturated/α-hetero) is 1. The highest BCUT2D eigenvalue weighted by Crippen LogP contribution is 2.31. The van der Waals surface area contributed by atoms with Crippen molar-refractivity contribution in [1.29, 1.82) is 0 Å². The number of ketones is 1. The van der Waals surface area contributed by atoms with Crippen LogP contribution in [0.5, 0.6) is 5.75 Å². The van der Waals surface area contributed by atoms with Crippen molar-refractivity contribution in [2.24, 2.45) is 5.41 Å². The quantitative estimate of drug-likeness (QED) is 0.300. The molecule has 1 aliphatic rings. The van der Waals surface area contributed by atoms with E-state index in [-0.39, 0.29) is 36.1 Å². The highest BCUT2D eigenvalue weighted by atomic mass is 19.1. The number of amides is 2. The molecule has 1 saturated heterocycles. The van der Waals surface area contributed by atoms with Crippen LogP contribution in [-0.2, 0) is 27.3 Å². The van der Waals surface area contributed by atoms with Crippen molar-refractivity contribution in [2.45, 2.75) is 71.6 Å². The van der Waals surface area contributed by atoms with E-state index >= 15 is 0 Å². The molecule has 2 amide bonds. The number of fused-ring (bicyclic) bond motifs is 1. The maximum absolute atomic E-state index is 14.2. The summed E-state index contributed by atoms with van der Waals surface area (Å²) in [5.41, 5.74) is 0.808. The molecule has 10 nitrogen and oxygen atoms in total. The number of nitrogens with one attached hydrogen (secondary N) is 3. The fourth-order valence-corrected chi connectivity index (χ4v) is 5.33. The summed E-state index contributed by atoms with van der Waals surface area (Å²) in [6.45, 7) is 7.82. The molecule has 4 rings (SSSR count). The van der Waals surface area contributed by atoms with Crippen molar-refractivity contribution in [1.82, 2.24) is 25.5 Å². The number of halogens is 2. The summed E-state index contributed by atoms with van der Waals surface area (Å²) in [6.07, 6.45) is 2.52. The molecule has 0 unspecified atom stereocenters. The zero-order valence-electron chi connectivity index (χ0n) is 26.0. The monoisotopic (exact) mass is 610 g/mol. The molecular weight excluding hydrogens is 570 g/mol. The van der Waals surface area contributed by atoms with Gasteiger partial charge in [-0.15, -0.1) is 0 Å². The van der Waals surface area contributed by atoms with E-state index in [1.165, 1.54) is 25.6 Å². The second kappa shape index (κ2) is 13.6. The van der Waals surface area contributed by atoms with Gasteiger partial charge in [0.25, 0.3) is 0 Å². The Kier molecular flexibility index (Phi) is 10.1. The van der Waals surface area contributed by atoms with Gasteiger partial charge in [0, 0.05) is 48.2 Å². The first-order valence-electron chi connectivity index (χ1n) is 14.6. The number of likely N-dealkylation sites (N-methyl/N-ethyl adjacent to an activating group) is 1. The molecule has 0 spiro atoms. The third-order valence-corrected chi connectivity index (χ3v) is 8.00. The molecule has 3 N–H and O–H groups in total. The van der Waals surface area contributed by atoms with Gasteiger partial charge in [0.15, 0.2) is 5.78 Å². The Morgan fingerprint density at radius 3 is 2.52 bits per heavy atom. The lowest BCUT2D eigenvalue weighted by Gasteiger charge is -2.36. The average Bonchev–Trinajstić information content (AvgIpc) is 3.48. The number of carbonyl (C=O) groups excluding carboxylic acids is 3. The first-order chi connectivity index (χ1) is 20.8. The molecule has 0 radical (unpaired) electrons. The van der Waals surface area contributed by atoms with Crippen LogP contribution in [0.25, 0.3) is 10.9 Å². The maximum atomic E-state index is 14.2. The van der Waals surface area contributed by atoms with Crippen molar-refractivity contribution < 1.29 is 27.9 Å². The topological polar surface area (TPSA) is 126 Å². The molecule has 0 saturated carbocycles. The number of methoxy groups -OCH3 is 1. The van der Waals surface area contributed by atoms with Crippen LogP contribution in [0, 0.1) is 17.0 Å². The standard InChI is InChI=1S/C32H40F2N6O4/c1-18(35-5)30(42)39-28(32(2,3)4)31(43)40-11-7-8-25(40)26(41)13-20-12-22-24(15-27(20)44-6)37-17-38-29(22)36-16-19-9-10-21(33)14-23(19)34/h9-10,12,14-15,17-18,25,28,35H,7-8,11,13,16H2,1-6H3,(H,39,42)(H,36,37,38)/t18-,25-,28+/m0/s1. The number of hydrogen-bond acceptors (Lipinski definition) is 8. The van der Waals surface area contributed by atoms with E-state index in [2.05, 4.69) is 25.9 Å². The number of anilines is 1. The number of rotatable bonds is 11. The molecule has 1 aromatic heterocycles. The van der Waals surface area contributed by atoms with Gasteiger partial charge in [-0.25, -0.2) is 18.7 Å². The van der Waals surface area contributed by atoms with Crippen LogP contribution in [0.15, 0.2) is 36.7 Å². The lowest BCUT2D eigenvalue weighted by atomic mass is 9.85. The molecule has 12 heteroatoms. The Morgan fingerprint density at radius 1 is 1.11 bits per heavy atom. The summed E-state index contributed by atoms with van der Waals surface area (Å²) < 4.78 is 33.2. The lowest BCUT2D eigenvalue weighted by Crippen LogP contribution is -2.58. The minimum atomic E-state index is -0.814. The Balaban J connectivity index is 1.57. The highest BCUT2D eigenvalue weighted by Gasteiger charge is 2.42.